The average molecular weight is 857 g/mol. The molecule has 4 aromatic rings. The number of aliphatic hydroxyl groups is 1. The number of aliphatic hydroxyl groups excluding tert-OH is 1. The molecule has 0 radical (unpaired) electrons. The number of hydrogen-bond donors (Lipinski definition) is 2. The summed E-state index contributed by atoms with van der Waals surface area (Å²) in [6, 6.07) is 13.0. The van der Waals surface area contributed by atoms with E-state index in [0.29, 0.717) is 30.1 Å². The van der Waals surface area contributed by atoms with E-state index in [1.807, 2.05) is 0 Å². The normalized spacial score (nSPS) is 12.8. The molecule has 0 spiro atoms. The minimum Gasteiger partial charge on any atom is -0.480 e. The first kappa shape index (κ1) is 45.2. The van der Waals surface area contributed by atoms with Gasteiger partial charge in [0.05, 0.1) is 32.6 Å². The number of likely N-dealkylation sites (tertiary alicyclic amines) is 1. The van der Waals surface area contributed by atoms with E-state index in [9.17, 15) is 61.0 Å². The molecule has 4 aromatic carbocycles. The fourth-order valence-corrected chi connectivity index (χ4v) is 5.75. The van der Waals surface area contributed by atoms with Gasteiger partial charge in [-0.15, -0.1) is 0 Å². The maximum absolute atomic E-state index is 12.8. The molecule has 0 aromatic heterocycles. The van der Waals surface area contributed by atoms with Crippen LogP contribution in [0, 0.1) is 20.2 Å². The summed E-state index contributed by atoms with van der Waals surface area (Å²) >= 11 is 5.82. The van der Waals surface area contributed by atoms with E-state index in [1.54, 1.807) is 4.90 Å². The number of piperidine rings is 1. The van der Waals surface area contributed by atoms with Gasteiger partial charge in [-0.05, 0) is 73.9 Å². The van der Waals surface area contributed by atoms with Crippen molar-refractivity contribution in [3.05, 3.63) is 126 Å². The standard InChI is InChI=1S/C19H17F3N2O4.C18H14ClF3N2O7/c20-19(21,22)13-4-6-14(7-5-13)28-15-8-9-17(24(26)27)16(12-15)18(25)23-10-2-1-3-11-23;19-13-7-10(18(20,21)22)1-4-15(13)31-11-2-3-14(24(29)30)12(8-11)17(28)23(5-6-25)9-16(26)27/h4-9,12H,1-3,10-11H2;1-4,7-8,25H,5-6,9H2,(H,26,27). The van der Waals surface area contributed by atoms with E-state index in [2.05, 4.69) is 0 Å². The van der Waals surface area contributed by atoms with Crippen LogP contribution in [0.5, 0.6) is 23.0 Å². The first-order valence-corrected chi connectivity index (χ1v) is 17.4. The summed E-state index contributed by atoms with van der Waals surface area (Å²) in [4.78, 5) is 59.7. The second-order valence-corrected chi connectivity index (χ2v) is 12.8. The van der Waals surface area contributed by atoms with Gasteiger partial charge >= 0.3 is 18.3 Å². The van der Waals surface area contributed by atoms with E-state index in [1.165, 1.54) is 12.1 Å². The lowest BCUT2D eigenvalue weighted by molar-refractivity contribution is -0.385. The largest absolute Gasteiger partial charge is 0.480 e. The highest BCUT2D eigenvalue weighted by atomic mass is 35.5. The highest BCUT2D eigenvalue weighted by Gasteiger charge is 2.33. The van der Waals surface area contributed by atoms with Gasteiger partial charge in [-0.1, -0.05) is 11.6 Å². The topological polar surface area (TPSA) is 203 Å². The molecule has 1 heterocycles. The monoisotopic (exact) mass is 856 g/mol. The molecule has 0 unspecified atom stereocenters. The van der Waals surface area contributed by atoms with Gasteiger partial charge in [-0.3, -0.25) is 34.6 Å². The van der Waals surface area contributed by atoms with Gasteiger partial charge in [0.15, 0.2) is 0 Å². The van der Waals surface area contributed by atoms with Crippen molar-refractivity contribution in [2.75, 3.05) is 32.8 Å². The van der Waals surface area contributed by atoms with Crippen molar-refractivity contribution in [2.24, 2.45) is 0 Å². The van der Waals surface area contributed by atoms with Crippen LogP contribution in [-0.2, 0) is 17.1 Å². The van der Waals surface area contributed by atoms with Crippen LogP contribution < -0.4 is 9.47 Å². The molecule has 5 rings (SSSR count). The van der Waals surface area contributed by atoms with Crippen LogP contribution in [0.15, 0.2) is 78.9 Å². The number of alkyl halides is 6. The van der Waals surface area contributed by atoms with Crippen LogP contribution >= 0.6 is 11.6 Å². The number of nitrogens with zero attached hydrogens (tertiary/aromatic N) is 4. The second-order valence-electron chi connectivity index (χ2n) is 12.4. The Morgan fingerprint density at radius 2 is 1.24 bits per heavy atom. The minimum atomic E-state index is -4.63. The van der Waals surface area contributed by atoms with Gasteiger partial charge in [0.25, 0.3) is 23.2 Å². The first-order chi connectivity index (χ1) is 27.7. The van der Waals surface area contributed by atoms with Crippen LogP contribution in [0.1, 0.15) is 51.1 Å². The summed E-state index contributed by atoms with van der Waals surface area (Å²) in [5.74, 6) is -3.05. The molecule has 1 fully saturated rings. The summed E-state index contributed by atoms with van der Waals surface area (Å²) in [6.07, 6.45) is -6.42. The number of rotatable bonds is 12. The van der Waals surface area contributed by atoms with Crippen molar-refractivity contribution in [1.82, 2.24) is 9.80 Å². The Morgan fingerprint density at radius 3 is 1.75 bits per heavy atom. The van der Waals surface area contributed by atoms with Crippen molar-refractivity contribution in [2.45, 2.75) is 31.6 Å². The van der Waals surface area contributed by atoms with E-state index in [4.69, 9.17) is 31.3 Å². The molecule has 0 atom stereocenters. The van der Waals surface area contributed by atoms with Crippen molar-refractivity contribution in [3.8, 4) is 23.0 Å². The highest BCUT2D eigenvalue weighted by molar-refractivity contribution is 6.32. The molecule has 2 amide bonds. The molecule has 1 aliphatic heterocycles. The highest BCUT2D eigenvalue weighted by Crippen LogP contribution is 2.38. The molecular weight excluding hydrogens is 826 g/mol. The molecular formula is C37H31ClF6N4O11. The third-order valence-electron chi connectivity index (χ3n) is 8.32. The van der Waals surface area contributed by atoms with Gasteiger partial charge in [0.1, 0.15) is 40.7 Å². The predicted octanol–water partition coefficient (Wildman–Crippen LogP) is 8.61. The number of ether oxygens (including phenoxy) is 2. The third kappa shape index (κ3) is 12.3. The fraction of sp³-hybridized carbons (Fsp3) is 0.270. The lowest BCUT2D eigenvalue weighted by Gasteiger charge is -2.26. The van der Waals surface area contributed by atoms with E-state index in [0.717, 1.165) is 73.9 Å². The van der Waals surface area contributed by atoms with Gasteiger partial charge in [0.2, 0.25) is 0 Å². The second kappa shape index (κ2) is 19.3. The molecule has 0 bridgehead atoms. The van der Waals surface area contributed by atoms with E-state index < -0.39 is 87.1 Å². The first-order valence-electron chi connectivity index (χ1n) is 17.1. The van der Waals surface area contributed by atoms with E-state index in [-0.39, 0.29) is 34.2 Å². The lowest BCUT2D eigenvalue weighted by atomic mass is 10.1. The van der Waals surface area contributed by atoms with Gasteiger partial charge < -0.3 is 29.5 Å². The summed E-state index contributed by atoms with van der Waals surface area (Å²) in [7, 11) is 0. The van der Waals surface area contributed by atoms with Crippen LogP contribution in [0.3, 0.4) is 0 Å². The molecule has 59 heavy (non-hydrogen) atoms. The Hall–Kier alpha value is -6.48. The molecule has 0 aliphatic carbocycles. The lowest BCUT2D eigenvalue weighted by Crippen LogP contribution is -2.38. The number of carbonyl (C=O) groups is 3. The van der Waals surface area contributed by atoms with E-state index >= 15 is 0 Å². The molecule has 22 heteroatoms. The predicted molar refractivity (Wildman–Crippen MR) is 195 cm³/mol. The zero-order valence-corrected chi connectivity index (χ0v) is 30.9. The number of carboxylic acids is 1. The van der Waals surface area contributed by atoms with Gasteiger partial charge in [0, 0.05) is 43.9 Å². The maximum Gasteiger partial charge on any atom is 0.416 e. The van der Waals surface area contributed by atoms with Gasteiger partial charge in [-0.25, -0.2) is 0 Å². The van der Waals surface area contributed by atoms with Crippen molar-refractivity contribution < 1.29 is 70.3 Å². The molecule has 2 N–H and O–H groups in total. The average Bonchev–Trinajstić information content (AvgIpc) is 3.17. The van der Waals surface area contributed by atoms with Crippen molar-refractivity contribution >= 4 is 40.8 Å². The number of halogens is 7. The maximum atomic E-state index is 12.8. The number of amides is 2. The number of nitro benzene ring substituents is 2. The van der Waals surface area contributed by atoms with Crippen LogP contribution in [0.4, 0.5) is 37.7 Å². The molecule has 15 nitrogen and oxygen atoms in total. The minimum absolute atomic E-state index is 0.101. The smallest absolute Gasteiger partial charge is 0.416 e. The quantitative estimate of drug-likeness (QED) is 0.0784. The fourth-order valence-electron chi connectivity index (χ4n) is 5.53. The SMILES string of the molecule is O=C(O)CN(CCO)C(=O)c1cc(Oc2ccc(C(F)(F)F)cc2Cl)ccc1[N+](=O)[O-].O=C(c1cc(Oc2ccc(C(F)(F)F)cc2)ccc1[N+](=O)[O-])N1CCCCC1. The van der Waals surface area contributed by atoms with Crippen LogP contribution in [0.2, 0.25) is 5.02 Å². The van der Waals surface area contributed by atoms with Crippen LogP contribution in [-0.4, -0.2) is 80.4 Å². The Labute approximate surface area is 334 Å². The number of hydrogen-bond acceptors (Lipinski definition) is 10. The Bertz CT molecular complexity index is 2200. The Morgan fingerprint density at radius 1 is 0.729 bits per heavy atom. The summed E-state index contributed by atoms with van der Waals surface area (Å²) in [5, 5.41) is 40.1. The Kier molecular flexibility index (Phi) is 14.8. The molecule has 1 aliphatic rings. The van der Waals surface area contributed by atoms with Gasteiger partial charge in [-0.2, -0.15) is 26.3 Å². The number of aliphatic carboxylic acids is 1. The van der Waals surface area contributed by atoms with Crippen molar-refractivity contribution in [3.63, 3.8) is 0 Å². The summed E-state index contributed by atoms with van der Waals surface area (Å²) in [5.41, 5.74) is -3.47. The number of benzene rings is 4. The summed E-state index contributed by atoms with van der Waals surface area (Å²) in [6.45, 7) is -0.769. The molecule has 1 saturated heterocycles. The Balaban J connectivity index is 0.000000262. The van der Waals surface area contributed by atoms with Crippen molar-refractivity contribution in [1.29, 1.82) is 0 Å². The molecule has 314 valence electrons. The third-order valence-corrected chi connectivity index (χ3v) is 8.62. The van der Waals surface area contributed by atoms with Crippen LogP contribution in [0.25, 0.3) is 0 Å². The number of nitro groups is 2. The zero-order valence-electron chi connectivity index (χ0n) is 30.2. The summed E-state index contributed by atoms with van der Waals surface area (Å²) < 4.78 is 87.0. The number of carboxylic acid groups (broad SMARTS) is 1. The zero-order chi connectivity index (χ0) is 43.7. The molecule has 0 saturated carbocycles. The number of carbonyl (C=O) groups excluding carboxylic acids is 2.